The molecule has 0 bridgehead atoms. The monoisotopic (exact) mass is 607 g/mol. The molecule has 1 N–H and O–H groups in total. The van der Waals surface area contributed by atoms with Crippen LogP contribution in [-0.4, -0.2) is 55.5 Å². The van der Waals surface area contributed by atoms with E-state index in [9.17, 15) is 49.0 Å². The predicted molar refractivity (Wildman–Crippen MR) is 126 cm³/mol. The summed E-state index contributed by atoms with van der Waals surface area (Å²) in [6, 6.07) is 10.6. The summed E-state index contributed by atoms with van der Waals surface area (Å²) in [6.45, 7) is -1.28. The van der Waals surface area contributed by atoms with Crippen LogP contribution in [-0.2, 0) is 11.3 Å². The first kappa shape index (κ1) is 32.6. The highest BCUT2D eigenvalue weighted by Gasteiger charge is 2.45. The van der Waals surface area contributed by atoms with Gasteiger partial charge in [0, 0.05) is 18.3 Å². The van der Waals surface area contributed by atoms with Crippen molar-refractivity contribution in [3.05, 3.63) is 54.1 Å². The number of hydrogen-bond donors (Lipinski definition) is 1. The van der Waals surface area contributed by atoms with Gasteiger partial charge in [0.2, 0.25) is 0 Å². The number of alkyl halides is 10. The molecule has 230 valence electrons. The van der Waals surface area contributed by atoms with Gasteiger partial charge in [-0.25, -0.2) is 8.78 Å². The zero-order chi connectivity index (χ0) is 30.4. The molecule has 3 rings (SSSR count). The van der Waals surface area contributed by atoms with E-state index in [0.717, 1.165) is 12.1 Å². The van der Waals surface area contributed by atoms with E-state index in [4.69, 9.17) is 4.74 Å². The number of halogens is 10. The van der Waals surface area contributed by atoms with E-state index >= 15 is 0 Å². The van der Waals surface area contributed by atoms with Crippen LogP contribution >= 0.6 is 0 Å². The van der Waals surface area contributed by atoms with Crippen LogP contribution in [0.25, 0.3) is 0 Å². The van der Waals surface area contributed by atoms with Crippen LogP contribution < -0.4 is 14.4 Å². The number of aliphatic hydroxyl groups is 1. The number of rotatable bonds is 12. The molecule has 3 atom stereocenters. The zero-order valence-electron chi connectivity index (χ0n) is 21.3. The molecule has 1 aliphatic rings. The normalized spacial score (nSPS) is 19.2. The number of hydrogen-bond acceptors (Lipinski definition) is 5. The lowest BCUT2D eigenvalue weighted by Crippen LogP contribution is -2.44. The first-order valence-corrected chi connectivity index (χ1v) is 12.4. The van der Waals surface area contributed by atoms with Gasteiger partial charge in [-0.3, -0.25) is 0 Å². The summed E-state index contributed by atoms with van der Waals surface area (Å²) in [5.41, 5.74) is 0.469. The Kier molecular flexibility index (Phi) is 10.6. The van der Waals surface area contributed by atoms with Gasteiger partial charge in [-0.05, 0) is 55.0 Å². The fraction of sp³-hybridized carbons (Fsp3) is 0.538. The van der Waals surface area contributed by atoms with Crippen molar-refractivity contribution in [2.75, 3.05) is 18.0 Å². The van der Waals surface area contributed by atoms with Gasteiger partial charge < -0.3 is 24.2 Å². The fourth-order valence-corrected chi connectivity index (χ4v) is 4.47. The lowest BCUT2D eigenvalue weighted by Gasteiger charge is -2.36. The number of ether oxygens (including phenoxy) is 3. The molecule has 2 aromatic rings. The Bertz CT molecular complexity index is 1110. The molecule has 0 amide bonds. The minimum atomic E-state index is -4.96. The summed E-state index contributed by atoms with van der Waals surface area (Å²) in [4.78, 5) is 1.18. The van der Waals surface area contributed by atoms with Crippen LogP contribution in [0.1, 0.15) is 31.2 Å². The molecule has 0 radical (unpaired) electrons. The molecule has 0 spiro atoms. The molecule has 3 unspecified atom stereocenters. The van der Waals surface area contributed by atoms with Crippen LogP contribution in [0.5, 0.6) is 11.5 Å². The highest BCUT2D eigenvalue weighted by Crippen LogP contribution is 2.35. The third kappa shape index (κ3) is 10.4. The quantitative estimate of drug-likeness (QED) is 0.256. The fourth-order valence-electron chi connectivity index (χ4n) is 4.47. The summed E-state index contributed by atoms with van der Waals surface area (Å²) >= 11 is 0. The second-order valence-electron chi connectivity index (χ2n) is 9.58. The molecule has 15 heteroatoms. The Morgan fingerprint density at radius 2 is 1.59 bits per heavy atom. The maximum atomic E-state index is 13.4. The van der Waals surface area contributed by atoms with Crippen molar-refractivity contribution in [3.63, 3.8) is 0 Å². The summed E-state index contributed by atoms with van der Waals surface area (Å²) in [7, 11) is 0. The predicted octanol–water partition coefficient (Wildman–Crippen LogP) is 7.33. The van der Waals surface area contributed by atoms with Gasteiger partial charge in [-0.1, -0.05) is 24.6 Å². The van der Waals surface area contributed by atoms with E-state index in [-0.39, 0.29) is 37.4 Å². The minimum Gasteiger partial charge on any atom is -0.489 e. The molecule has 0 aromatic heterocycles. The molecule has 2 aromatic carbocycles. The Labute approximate surface area is 228 Å². The van der Waals surface area contributed by atoms with Gasteiger partial charge in [0.05, 0.1) is 12.6 Å². The SMILES string of the molecule is OC(CN(CC1CCCC(OC(F)(F)C(F)F)C1)c1cccc(OCc2cccc(OC(F)(F)F)c2)c1)C(F)(F)F. The van der Waals surface area contributed by atoms with Crippen molar-refractivity contribution in [1.82, 2.24) is 0 Å². The van der Waals surface area contributed by atoms with Gasteiger partial charge in [0.15, 0.2) is 6.10 Å². The second kappa shape index (κ2) is 13.4. The van der Waals surface area contributed by atoms with Gasteiger partial charge in [-0.15, -0.1) is 13.2 Å². The molecule has 41 heavy (non-hydrogen) atoms. The van der Waals surface area contributed by atoms with Crippen molar-refractivity contribution in [1.29, 1.82) is 0 Å². The first-order valence-electron chi connectivity index (χ1n) is 12.4. The third-order valence-corrected chi connectivity index (χ3v) is 6.28. The molecule has 1 aliphatic carbocycles. The molecular formula is C26H27F10NO4. The van der Waals surface area contributed by atoms with Crippen molar-refractivity contribution in [2.24, 2.45) is 5.92 Å². The minimum absolute atomic E-state index is 0.0719. The molecule has 0 aliphatic heterocycles. The highest BCUT2D eigenvalue weighted by atomic mass is 19.4. The van der Waals surface area contributed by atoms with Crippen molar-refractivity contribution >= 4 is 5.69 Å². The van der Waals surface area contributed by atoms with Crippen LogP contribution in [0.15, 0.2) is 48.5 Å². The maximum Gasteiger partial charge on any atom is 0.573 e. The molecule has 5 nitrogen and oxygen atoms in total. The number of aliphatic hydroxyl groups excluding tert-OH is 1. The average molecular weight is 607 g/mol. The van der Waals surface area contributed by atoms with Crippen molar-refractivity contribution in [3.8, 4) is 11.5 Å². The average Bonchev–Trinajstić information content (AvgIpc) is 2.86. The maximum absolute atomic E-state index is 13.4. The van der Waals surface area contributed by atoms with Crippen molar-refractivity contribution in [2.45, 2.75) is 69.6 Å². The molecule has 0 saturated heterocycles. The number of nitrogens with zero attached hydrogens (tertiary/aromatic N) is 1. The number of benzene rings is 2. The molecule has 1 fully saturated rings. The summed E-state index contributed by atoms with van der Waals surface area (Å²) in [5.74, 6) is -0.859. The Hall–Kier alpha value is -2.94. The number of anilines is 1. The lowest BCUT2D eigenvalue weighted by atomic mass is 9.86. The van der Waals surface area contributed by atoms with Crippen molar-refractivity contribution < 1.29 is 63.2 Å². The molecular weight excluding hydrogens is 580 g/mol. The summed E-state index contributed by atoms with van der Waals surface area (Å²) < 4.78 is 143. The standard InChI is InChI=1S/C26H27F10NO4/c27-23(28)25(32,33)40-20-8-1-4-16(10-20)13-37(14-22(38)24(29,30)31)18-6-3-7-19(12-18)39-15-17-5-2-9-21(11-17)41-26(34,35)36/h2-3,5-7,9,11-12,16,20,22-23,38H,1,4,8,10,13-15H2. The van der Waals surface area contributed by atoms with Gasteiger partial charge in [-0.2, -0.15) is 22.0 Å². The largest absolute Gasteiger partial charge is 0.573 e. The van der Waals surface area contributed by atoms with Gasteiger partial charge >= 0.3 is 25.1 Å². The van der Waals surface area contributed by atoms with Gasteiger partial charge in [0.1, 0.15) is 18.1 Å². The second-order valence-corrected chi connectivity index (χ2v) is 9.58. The van der Waals surface area contributed by atoms with E-state index in [2.05, 4.69) is 9.47 Å². The lowest BCUT2D eigenvalue weighted by molar-refractivity contribution is -0.322. The topological polar surface area (TPSA) is 51.2 Å². The Morgan fingerprint density at radius 1 is 0.902 bits per heavy atom. The zero-order valence-corrected chi connectivity index (χ0v) is 21.3. The van der Waals surface area contributed by atoms with Crippen LogP contribution in [0, 0.1) is 5.92 Å². The highest BCUT2D eigenvalue weighted by molar-refractivity contribution is 5.51. The van der Waals surface area contributed by atoms with E-state index < -0.39 is 55.5 Å². The smallest absolute Gasteiger partial charge is 0.489 e. The summed E-state index contributed by atoms with van der Waals surface area (Å²) in [5, 5.41) is 9.74. The van der Waals surface area contributed by atoms with Crippen LogP contribution in [0.3, 0.4) is 0 Å². The van der Waals surface area contributed by atoms with Crippen LogP contribution in [0.4, 0.5) is 49.6 Å². The van der Waals surface area contributed by atoms with Crippen LogP contribution in [0.2, 0.25) is 0 Å². The van der Waals surface area contributed by atoms with E-state index in [0.29, 0.717) is 18.4 Å². The van der Waals surface area contributed by atoms with E-state index in [1.807, 2.05) is 0 Å². The Morgan fingerprint density at radius 3 is 2.24 bits per heavy atom. The van der Waals surface area contributed by atoms with E-state index in [1.54, 1.807) is 0 Å². The van der Waals surface area contributed by atoms with Gasteiger partial charge in [0.25, 0.3) is 0 Å². The molecule has 0 heterocycles. The van der Waals surface area contributed by atoms with E-state index in [1.165, 1.54) is 41.3 Å². The summed E-state index contributed by atoms with van der Waals surface area (Å²) in [6.07, 6.45) is -21.9. The Balaban J connectivity index is 1.74. The molecule has 1 saturated carbocycles. The third-order valence-electron chi connectivity index (χ3n) is 6.28. The first-order chi connectivity index (χ1) is 19.0.